The second-order valence-electron chi connectivity index (χ2n) is 6.22. The number of esters is 1. The number of amides is 3. The molecule has 4 atom stereocenters. The second kappa shape index (κ2) is 5.60. The van der Waals surface area contributed by atoms with Crippen molar-refractivity contribution in [2.45, 2.75) is 17.5 Å². The Kier molecular flexibility index (Phi) is 3.58. The van der Waals surface area contributed by atoms with E-state index in [2.05, 4.69) is 6.58 Å². The standard InChI is InChI=1S/C17H14N2O6S/c1-8-7-26(24)16-12(15(22)19(16)11(8)17(23)25-2)18-13(20)9-5-3-4-6-10(9)14(18)21/h3-6,11-12,16H,1,7H2,2H3/t11?,12?,16-,26?/m1/s1. The van der Waals surface area contributed by atoms with Crippen molar-refractivity contribution >= 4 is 34.5 Å². The number of nitrogens with zero attached hydrogens (tertiary/aromatic N) is 2. The number of hydrogen-bond donors (Lipinski definition) is 0. The Morgan fingerprint density at radius 2 is 1.77 bits per heavy atom. The summed E-state index contributed by atoms with van der Waals surface area (Å²) in [5.74, 6) is -2.51. The number of rotatable bonds is 2. The highest BCUT2D eigenvalue weighted by Crippen LogP contribution is 2.39. The molecule has 0 saturated carbocycles. The number of carbonyl (C=O) groups excluding carboxylic acids is 4. The Bertz CT molecular complexity index is 891. The van der Waals surface area contributed by atoms with Crippen LogP contribution < -0.4 is 0 Å². The van der Waals surface area contributed by atoms with Crippen molar-refractivity contribution in [3.05, 3.63) is 47.5 Å². The predicted octanol–water partition coefficient (Wildman–Crippen LogP) is -0.320. The third-order valence-corrected chi connectivity index (χ3v) is 6.52. The molecule has 1 aromatic rings. The zero-order chi connectivity index (χ0) is 18.7. The Hall–Kier alpha value is -2.81. The first-order chi connectivity index (χ1) is 12.4. The number of ether oxygens (including phenoxy) is 1. The molecule has 8 nitrogen and oxygen atoms in total. The van der Waals surface area contributed by atoms with Gasteiger partial charge in [0, 0.05) is 5.75 Å². The van der Waals surface area contributed by atoms with Gasteiger partial charge in [0.1, 0.15) is 5.37 Å². The van der Waals surface area contributed by atoms with E-state index in [1.807, 2.05) is 0 Å². The predicted molar refractivity (Wildman–Crippen MR) is 89.3 cm³/mol. The molecule has 9 heteroatoms. The maximum Gasteiger partial charge on any atom is 0.332 e. The summed E-state index contributed by atoms with van der Waals surface area (Å²) in [4.78, 5) is 52.0. The van der Waals surface area contributed by atoms with Crippen LogP contribution in [0.5, 0.6) is 0 Å². The molecule has 26 heavy (non-hydrogen) atoms. The SMILES string of the molecule is C=C1CS(=O)[C@@H]2C(N3C(=O)c4ccccc4C3=O)C(=O)N2C1C(=O)OC. The van der Waals surface area contributed by atoms with E-state index in [1.54, 1.807) is 12.1 Å². The number of β-lactam (4-membered cyclic amide) rings is 1. The van der Waals surface area contributed by atoms with Gasteiger partial charge in [-0.1, -0.05) is 18.7 Å². The van der Waals surface area contributed by atoms with Crippen LogP contribution >= 0.6 is 0 Å². The van der Waals surface area contributed by atoms with Crippen LogP contribution in [0.3, 0.4) is 0 Å². The van der Waals surface area contributed by atoms with E-state index < -0.39 is 51.9 Å². The van der Waals surface area contributed by atoms with Gasteiger partial charge in [0.15, 0.2) is 12.1 Å². The molecule has 0 bridgehead atoms. The van der Waals surface area contributed by atoms with E-state index in [1.165, 1.54) is 19.2 Å². The Morgan fingerprint density at radius 3 is 2.31 bits per heavy atom. The summed E-state index contributed by atoms with van der Waals surface area (Å²) in [5.41, 5.74) is 0.721. The van der Waals surface area contributed by atoms with Crippen molar-refractivity contribution < 1.29 is 28.1 Å². The van der Waals surface area contributed by atoms with Gasteiger partial charge in [0.2, 0.25) is 0 Å². The van der Waals surface area contributed by atoms with E-state index in [4.69, 9.17) is 4.74 Å². The topological polar surface area (TPSA) is 101 Å². The van der Waals surface area contributed by atoms with E-state index in [-0.39, 0.29) is 16.9 Å². The van der Waals surface area contributed by atoms with E-state index in [9.17, 15) is 23.4 Å². The molecule has 0 N–H and O–H groups in total. The quantitative estimate of drug-likeness (QED) is 0.304. The molecule has 1 aromatic carbocycles. The van der Waals surface area contributed by atoms with Gasteiger partial charge in [-0.25, -0.2) is 4.79 Å². The molecule has 3 unspecified atom stereocenters. The molecule has 2 saturated heterocycles. The molecular weight excluding hydrogens is 360 g/mol. The molecule has 4 rings (SSSR count). The lowest BCUT2D eigenvalue weighted by molar-refractivity contribution is -0.163. The third kappa shape index (κ3) is 1.97. The molecule has 3 heterocycles. The molecule has 0 radical (unpaired) electrons. The van der Waals surface area contributed by atoms with Gasteiger partial charge in [0.25, 0.3) is 17.7 Å². The lowest BCUT2D eigenvalue weighted by atomic mass is 9.97. The van der Waals surface area contributed by atoms with Crippen LogP contribution in [0.1, 0.15) is 20.7 Å². The fourth-order valence-electron chi connectivity index (χ4n) is 3.65. The number of benzene rings is 1. The van der Waals surface area contributed by atoms with Crippen molar-refractivity contribution in [3.63, 3.8) is 0 Å². The minimum Gasteiger partial charge on any atom is -0.467 e. The smallest absolute Gasteiger partial charge is 0.332 e. The molecule has 0 spiro atoms. The van der Waals surface area contributed by atoms with E-state index in [0.717, 1.165) is 9.80 Å². The van der Waals surface area contributed by atoms with E-state index >= 15 is 0 Å². The molecule has 3 amide bonds. The van der Waals surface area contributed by atoms with E-state index in [0.29, 0.717) is 5.57 Å². The van der Waals surface area contributed by atoms with Gasteiger partial charge in [-0.15, -0.1) is 0 Å². The number of hydrogen-bond acceptors (Lipinski definition) is 6. The van der Waals surface area contributed by atoms with Gasteiger partial charge in [-0.2, -0.15) is 0 Å². The highest BCUT2D eigenvalue weighted by Gasteiger charge is 2.63. The molecular formula is C17H14N2O6S. The zero-order valence-electron chi connectivity index (χ0n) is 13.7. The van der Waals surface area contributed by atoms with Crippen LogP contribution in [0, 0.1) is 0 Å². The van der Waals surface area contributed by atoms with Gasteiger partial charge in [0.05, 0.1) is 29.0 Å². The van der Waals surface area contributed by atoms with Crippen molar-refractivity contribution in [1.29, 1.82) is 0 Å². The molecule has 2 fully saturated rings. The highest BCUT2D eigenvalue weighted by molar-refractivity contribution is 7.86. The summed E-state index contributed by atoms with van der Waals surface area (Å²) in [6.45, 7) is 3.72. The Balaban J connectivity index is 1.71. The minimum absolute atomic E-state index is 0.00607. The summed E-state index contributed by atoms with van der Waals surface area (Å²) in [6, 6.07) is 4.02. The summed E-state index contributed by atoms with van der Waals surface area (Å²) < 4.78 is 17.3. The zero-order valence-corrected chi connectivity index (χ0v) is 14.5. The molecule has 0 aliphatic carbocycles. The monoisotopic (exact) mass is 374 g/mol. The number of carbonyl (C=O) groups is 4. The van der Waals surface area contributed by atoms with Gasteiger partial charge < -0.3 is 9.64 Å². The third-order valence-electron chi connectivity index (χ3n) is 4.84. The Morgan fingerprint density at radius 1 is 1.19 bits per heavy atom. The molecule has 3 aliphatic heterocycles. The average molecular weight is 374 g/mol. The molecule has 134 valence electrons. The van der Waals surface area contributed by atoms with Crippen molar-refractivity contribution in [3.8, 4) is 0 Å². The fraction of sp³-hybridized carbons (Fsp3) is 0.294. The van der Waals surface area contributed by atoms with Crippen LogP contribution in [0.15, 0.2) is 36.4 Å². The van der Waals surface area contributed by atoms with Crippen molar-refractivity contribution in [2.24, 2.45) is 0 Å². The second-order valence-corrected chi connectivity index (χ2v) is 7.75. The first kappa shape index (κ1) is 16.6. The maximum atomic E-state index is 12.7. The van der Waals surface area contributed by atoms with Crippen LogP contribution in [0.2, 0.25) is 0 Å². The summed E-state index contributed by atoms with van der Waals surface area (Å²) >= 11 is 0. The number of fused-ring (bicyclic) bond motifs is 2. The molecule has 3 aliphatic rings. The number of methoxy groups -OCH3 is 1. The largest absolute Gasteiger partial charge is 0.467 e. The van der Waals surface area contributed by atoms with Crippen molar-refractivity contribution in [1.82, 2.24) is 9.80 Å². The fourth-order valence-corrected chi connectivity index (χ4v) is 5.35. The van der Waals surface area contributed by atoms with Crippen LogP contribution in [-0.4, -0.2) is 68.0 Å². The molecule has 0 aromatic heterocycles. The summed E-state index contributed by atoms with van der Waals surface area (Å²) in [6.07, 6.45) is 0. The normalized spacial score (nSPS) is 30.0. The minimum atomic E-state index is -1.59. The Labute approximate surface area is 150 Å². The van der Waals surface area contributed by atoms with Crippen molar-refractivity contribution in [2.75, 3.05) is 12.9 Å². The highest BCUT2D eigenvalue weighted by atomic mass is 32.2. The maximum absolute atomic E-state index is 12.7. The van der Waals surface area contributed by atoms with Gasteiger partial charge >= 0.3 is 5.97 Å². The van der Waals surface area contributed by atoms with Crippen LogP contribution in [0.4, 0.5) is 0 Å². The number of imide groups is 1. The van der Waals surface area contributed by atoms with Crippen LogP contribution in [0.25, 0.3) is 0 Å². The average Bonchev–Trinajstić information content (AvgIpc) is 2.87. The first-order valence-electron chi connectivity index (χ1n) is 7.80. The lowest BCUT2D eigenvalue weighted by Gasteiger charge is -2.53. The summed E-state index contributed by atoms with van der Waals surface area (Å²) in [5, 5.41) is -0.945. The first-order valence-corrected chi connectivity index (χ1v) is 9.18. The lowest BCUT2D eigenvalue weighted by Crippen LogP contribution is -2.78. The summed E-state index contributed by atoms with van der Waals surface area (Å²) in [7, 11) is -0.405. The van der Waals surface area contributed by atoms with Crippen LogP contribution in [-0.2, 0) is 25.1 Å². The van der Waals surface area contributed by atoms with Gasteiger partial charge in [-0.05, 0) is 17.7 Å². The van der Waals surface area contributed by atoms with Gasteiger partial charge in [-0.3, -0.25) is 23.5 Å².